The van der Waals surface area contributed by atoms with E-state index < -0.39 is 0 Å². The van der Waals surface area contributed by atoms with Crippen LogP contribution in [0.2, 0.25) is 0 Å². The van der Waals surface area contributed by atoms with E-state index in [-0.39, 0.29) is 17.9 Å². The van der Waals surface area contributed by atoms with Crippen LogP contribution in [0.3, 0.4) is 0 Å². The Bertz CT molecular complexity index is 1010. The summed E-state index contributed by atoms with van der Waals surface area (Å²) in [7, 11) is 3.20. The van der Waals surface area contributed by atoms with Gasteiger partial charge < -0.3 is 14.8 Å². The predicted octanol–water partition coefficient (Wildman–Crippen LogP) is 2.29. The quantitative estimate of drug-likeness (QED) is 0.635. The van der Waals surface area contributed by atoms with E-state index in [4.69, 9.17) is 9.47 Å². The molecule has 0 aliphatic heterocycles. The van der Waals surface area contributed by atoms with Gasteiger partial charge in [0.2, 0.25) is 5.91 Å². The summed E-state index contributed by atoms with van der Waals surface area (Å²) in [6, 6.07) is 16.2. The van der Waals surface area contributed by atoms with Gasteiger partial charge in [-0.3, -0.25) is 14.2 Å². The van der Waals surface area contributed by atoms with E-state index in [1.807, 2.05) is 48.5 Å². The lowest BCUT2D eigenvalue weighted by Crippen LogP contribution is -2.31. The third-order valence-electron chi connectivity index (χ3n) is 4.46. The lowest BCUT2D eigenvalue weighted by atomic mass is 10.1. The first kappa shape index (κ1) is 20.1. The van der Waals surface area contributed by atoms with E-state index >= 15 is 0 Å². The summed E-state index contributed by atoms with van der Waals surface area (Å²) < 4.78 is 11.7. The zero-order chi connectivity index (χ0) is 20.6. The first-order valence-corrected chi connectivity index (χ1v) is 9.19. The molecule has 0 unspecified atom stereocenters. The maximum absolute atomic E-state index is 12.3. The number of methoxy groups -OCH3 is 2. The molecule has 0 atom stereocenters. The highest BCUT2D eigenvalue weighted by Gasteiger charge is 2.06. The van der Waals surface area contributed by atoms with Crippen LogP contribution in [-0.2, 0) is 17.8 Å². The Morgan fingerprint density at radius 3 is 2.21 bits per heavy atom. The maximum atomic E-state index is 12.3. The number of nitrogens with zero attached hydrogens (tertiary/aromatic N) is 2. The molecule has 0 spiro atoms. The number of amides is 1. The van der Waals surface area contributed by atoms with Gasteiger partial charge >= 0.3 is 0 Å². The smallest absolute Gasteiger partial charge is 0.253 e. The Hall–Kier alpha value is -3.61. The minimum Gasteiger partial charge on any atom is -0.497 e. The molecule has 2 aromatic carbocycles. The highest BCUT2D eigenvalue weighted by molar-refractivity contribution is 5.78. The maximum Gasteiger partial charge on any atom is 0.253 e. The van der Waals surface area contributed by atoms with Gasteiger partial charge in [-0.05, 0) is 42.0 Å². The highest BCUT2D eigenvalue weighted by atomic mass is 16.5. The van der Waals surface area contributed by atoms with Crippen molar-refractivity contribution in [3.8, 4) is 22.8 Å². The zero-order valence-corrected chi connectivity index (χ0v) is 16.4. The number of nitrogens with one attached hydrogen (secondary N) is 1. The topological polar surface area (TPSA) is 82.4 Å². The Balaban J connectivity index is 1.53. The fraction of sp³-hybridized carbons (Fsp3) is 0.227. The van der Waals surface area contributed by atoms with Gasteiger partial charge in [0.05, 0.1) is 32.7 Å². The van der Waals surface area contributed by atoms with Crippen molar-refractivity contribution in [1.29, 1.82) is 0 Å². The van der Waals surface area contributed by atoms with Crippen molar-refractivity contribution in [1.82, 2.24) is 14.9 Å². The number of rotatable bonds is 8. The van der Waals surface area contributed by atoms with Crippen LogP contribution in [0.1, 0.15) is 5.56 Å². The molecule has 1 N–H and O–H groups in total. The van der Waals surface area contributed by atoms with Crippen LogP contribution in [0.4, 0.5) is 0 Å². The average Bonchev–Trinajstić information content (AvgIpc) is 2.75. The number of hydrogen-bond donors (Lipinski definition) is 1. The van der Waals surface area contributed by atoms with E-state index in [1.165, 1.54) is 17.0 Å². The summed E-state index contributed by atoms with van der Waals surface area (Å²) in [6.07, 6.45) is 1.77. The SMILES string of the molecule is COc1ccc(CC(=O)NCCn2cnc(-c3ccc(OC)cc3)cc2=O)cc1. The summed E-state index contributed by atoms with van der Waals surface area (Å²) in [6.45, 7) is 0.696. The Kier molecular flexibility index (Phi) is 6.63. The molecule has 0 saturated carbocycles. The second-order valence-electron chi connectivity index (χ2n) is 6.41. The van der Waals surface area contributed by atoms with Crippen molar-refractivity contribution < 1.29 is 14.3 Å². The molecule has 29 heavy (non-hydrogen) atoms. The number of carbonyl (C=O) groups excluding carboxylic acids is 1. The van der Waals surface area contributed by atoms with E-state index in [2.05, 4.69) is 10.3 Å². The van der Waals surface area contributed by atoms with E-state index in [0.29, 0.717) is 18.8 Å². The number of hydrogen-bond acceptors (Lipinski definition) is 5. The minimum atomic E-state index is -0.171. The Labute approximate surface area is 168 Å². The van der Waals surface area contributed by atoms with E-state index in [1.54, 1.807) is 14.2 Å². The summed E-state index contributed by atoms with van der Waals surface area (Å²) in [5.41, 5.74) is 2.15. The fourth-order valence-corrected chi connectivity index (χ4v) is 2.82. The van der Waals surface area contributed by atoms with Crippen molar-refractivity contribution in [2.24, 2.45) is 0 Å². The van der Waals surface area contributed by atoms with Gasteiger partial charge in [0, 0.05) is 24.7 Å². The molecule has 7 heteroatoms. The normalized spacial score (nSPS) is 10.4. The first-order valence-electron chi connectivity index (χ1n) is 9.19. The molecular weight excluding hydrogens is 370 g/mol. The van der Waals surface area contributed by atoms with Crippen LogP contribution < -0.4 is 20.3 Å². The van der Waals surface area contributed by atoms with Crippen LogP contribution in [0.15, 0.2) is 65.7 Å². The first-order chi connectivity index (χ1) is 14.1. The third-order valence-corrected chi connectivity index (χ3v) is 4.46. The van der Waals surface area contributed by atoms with Crippen LogP contribution in [-0.4, -0.2) is 36.2 Å². The lowest BCUT2D eigenvalue weighted by molar-refractivity contribution is -0.120. The van der Waals surface area contributed by atoms with E-state index in [0.717, 1.165) is 22.6 Å². The second kappa shape index (κ2) is 9.54. The number of aromatic nitrogens is 2. The van der Waals surface area contributed by atoms with Crippen molar-refractivity contribution in [2.45, 2.75) is 13.0 Å². The lowest BCUT2D eigenvalue weighted by Gasteiger charge is -2.09. The molecule has 150 valence electrons. The number of ether oxygens (including phenoxy) is 2. The molecule has 3 rings (SSSR count). The van der Waals surface area contributed by atoms with Crippen LogP contribution >= 0.6 is 0 Å². The summed E-state index contributed by atoms with van der Waals surface area (Å²) in [4.78, 5) is 28.8. The van der Waals surface area contributed by atoms with Gasteiger partial charge in [0.15, 0.2) is 0 Å². The molecular formula is C22H23N3O4. The highest BCUT2D eigenvalue weighted by Crippen LogP contribution is 2.19. The van der Waals surface area contributed by atoms with Gasteiger partial charge in [-0.1, -0.05) is 12.1 Å². The van der Waals surface area contributed by atoms with Crippen LogP contribution in [0, 0.1) is 0 Å². The molecule has 7 nitrogen and oxygen atoms in total. The molecule has 0 aliphatic rings. The van der Waals surface area contributed by atoms with Gasteiger partial charge in [-0.15, -0.1) is 0 Å². The third kappa shape index (κ3) is 5.44. The fourth-order valence-electron chi connectivity index (χ4n) is 2.82. The van der Waals surface area contributed by atoms with Crippen molar-refractivity contribution >= 4 is 5.91 Å². The average molecular weight is 393 g/mol. The second-order valence-corrected chi connectivity index (χ2v) is 6.41. The number of benzene rings is 2. The van der Waals surface area contributed by atoms with Gasteiger partial charge in [0.1, 0.15) is 11.5 Å². The number of carbonyl (C=O) groups is 1. The van der Waals surface area contributed by atoms with Crippen molar-refractivity contribution in [3.05, 3.63) is 76.8 Å². The van der Waals surface area contributed by atoms with Crippen LogP contribution in [0.5, 0.6) is 11.5 Å². The molecule has 1 aromatic heterocycles. The molecule has 1 heterocycles. The standard InChI is InChI=1S/C22H23N3O4/c1-28-18-7-3-16(4-8-18)13-21(26)23-11-12-25-15-24-20(14-22(25)27)17-5-9-19(29-2)10-6-17/h3-10,14-15H,11-13H2,1-2H3,(H,23,26). The van der Waals surface area contributed by atoms with Gasteiger partial charge in [-0.2, -0.15) is 0 Å². The summed E-state index contributed by atoms with van der Waals surface area (Å²) in [5, 5.41) is 2.82. The molecule has 0 radical (unpaired) electrons. The monoisotopic (exact) mass is 393 g/mol. The molecule has 0 bridgehead atoms. The molecule has 1 amide bonds. The Morgan fingerprint density at radius 1 is 1.00 bits per heavy atom. The minimum absolute atomic E-state index is 0.106. The van der Waals surface area contributed by atoms with E-state index in [9.17, 15) is 9.59 Å². The van der Waals surface area contributed by atoms with Gasteiger partial charge in [0.25, 0.3) is 5.56 Å². The predicted molar refractivity (Wildman–Crippen MR) is 110 cm³/mol. The molecule has 0 fully saturated rings. The molecule has 0 aliphatic carbocycles. The molecule has 3 aromatic rings. The Morgan fingerprint density at radius 2 is 1.62 bits per heavy atom. The van der Waals surface area contributed by atoms with Gasteiger partial charge in [-0.25, -0.2) is 4.98 Å². The zero-order valence-electron chi connectivity index (χ0n) is 16.4. The summed E-state index contributed by atoms with van der Waals surface area (Å²) in [5.74, 6) is 1.39. The summed E-state index contributed by atoms with van der Waals surface area (Å²) >= 11 is 0. The van der Waals surface area contributed by atoms with Crippen LogP contribution in [0.25, 0.3) is 11.3 Å². The van der Waals surface area contributed by atoms with Crippen molar-refractivity contribution in [2.75, 3.05) is 20.8 Å². The van der Waals surface area contributed by atoms with Crippen molar-refractivity contribution in [3.63, 3.8) is 0 Å². The molecule has 0 saturated heterocycles. The largest absolute Gasteiger partial charge is 0.497 e.